The number of thioether (sulfide) groups is 1. The van der Waals surface area contributed by atoms with Crippen molar-refractivity contribution in [2.45, 2.75) is 30.6 Å². The molecule has 0 saturated carbocycles. The van der Waals surface area contributed by atoms with Gasteiger partial charge in [-0.15, -0.1) is 11.8 Å². The second-order valence-electron chi connectivity index (χ2n) is 4.47. The molecule has 0 bridgehead atoms. The lowest BCUT2D eigenvalue weighted by atomic mass is 10.2. The first-order valence-electron chi connectivity index (χ1n) is 5.47. The van der Waals surface area contributed by atoms with Crippen LogP contribution in [0.5, 0.6) is 0 Å². The van der Waals surface area contributed by atoms with Crippen LogP contribution in [0.1, 0.15) is 25.7 Å². The lowest BCUT2D eigenvalue weighted by molar-refractivity contribution is -0.106. The molecule has 0 aromatic heterocycles. The van der Waals surface area contributed by atoms with E-state index >= 15 is 0 Å². The molecule has 96 valence electrons. The van der Waals surface area contributed by atoms with E-state index < -0.39 is 5.60 Å². The van der Waals surface area contributed by atoms with Gasteiger partial charge >= 0.3 is 0 Å². The van der Waals surface area contributed by atoms with E-state index in [0.29, 0.717) is 5.75 Å². The Bertz CT molecular complexity index is 326. The van der Waals surface area contributed by atoms with Gasteiger partial charge in [0.15, 0.2) is 6.29 Å². The third kappa shape index (κ3) is 5.08. The summed E-state index contributed by atoms with van der Waals surface area (Å²) in [5.74, 6) is 0.671. The Morgan fingerprint density at radius 2 is 1.71 bits per heavy atom. The zero-order chi connectivity index (χ0) is 12.9. The third-order valence-corrected chi connectivity index (χ3v) is 3.63. The first-order chi connectivity index (χ1) is 7.96. The van der Waals surface area contributed by atoms with Crippen LogP contribution in [0, 0.1) is 0 Å². The van der Waals surface area contributed by atoms with Crippen molar-refractivity contribution in [2.75, 3.05) is 20.0 Å². The van der Waals surface area contributed by atoms with E-state index in [1.165, 1.54) is 0 Å². The minimum atomic E-state index is -0.648. The maximum absolute atomic E-state index is 9.64. The fourth-order valence-corrected chi connectivity index (χ4v) is 2.20. The molecule has 0 fully saturated rings. The number of ether oxygens (including phenoxy) is 2. The summed E-state index contributed by atoms with van der Waals surface area (Å²) in [4.78, 5) is 1.13. The smallest absolute Gasteiger partial charge is 0.183 e. The Hall–Kier alpha value is -0.550. The largest absolute Gasteiger partial charge is 0.390 e. The molecule has 1 aromatic rings. The molecule has 0 radical (unpaired) electrons. The molecule has 0 unspecified atom stereocenters. The SMILES string of the molecule is COC(OC)c1ccc(SCC(C)(C)O)cc1. The van der Waals surface area contributed by atoms with Gasteiger partial charge in [0, 0.05) is 30.4 Å². The first-order valence-corrected chi connectivity index (χ1v) is 6.45. The highest BCUT2D eigenvalue weighted by Gasteiger charge is 2.13. The topological polar surface area (TPSA) is 38.7 Å². The lowest BCUT2D eigenvalue weighted by Crippen LogP contribution is -2.21. The number of benzene rings is 1. The average molecular weight is 256 g/mol. The predicted octanol–water partition coefficient (Wildman–Crippen LogP) is 2.84. The van der Waals surface area contributed by atoms with Gasteiger partial charge in [0.2, 0.25) is 0 Å². The van der Waals surface area contributed by atoms with Gasteiger partial charge in [0.05, 0.1) is 5.60 Å². The van der Waals surface area contributed by atoms with Crippen LogP contribution in [0.4, 0.5) is 0 Å². The monoisotopic (exact) mass is 256 g/mol. The zero-order valence-electron chi connectivity index (χ0n) is 10.8. The highest BCUT2D eigenvalue weighted by molar-refractivity contribution is 7.99. The Morgan fingerprint density at radius 1 is 1.18 bits per heavy atom. The van der Waals surface area contributed by atoms with E-state index in [4.69, 9.17) is 9.47 Å². The van der Waals surface area contributed by atoms with Crippen LogP contribution < -0.4 is 0 Å². The van der Waals surface area contributed by atoms with Crippen LogP contribution >= 0.6 is 11.8 Å². The molecule has 0 aliphatic heterocycles. The second kappa shape index (κ2) is 6.40. The Balaban J connectivity index is 2.62. The molecule has 1 rings (SSSR count). The zero-order valence-corrected chi connectivity index (χ0v) is 11.6. The fraction of sp³-hybridized carbons (Fsp3) is 0.538. The van der Waals surface area contributed by atoms with Crippen LogP contribution in [0.3, 0.4) is 0 Å². The van der Waals surface area contributed by atoms with Crippen molar-refractivity contribution in [1.29, 1.82) is 0 Å². The Labute approximate surface area is 107 Å². The van der Waals surface area contributed by atoms with Crippen LogP contribution in [0.25, 0.3) is 0 Å². The minimum absolute atomic E-state index is 0.316. The van der Waals surface area contributed by atoms with Crippen LogP contribution in [-0.4, -0.2) is 30.7 Å². The van der Waals surface area contributed by atoms with E-state index in [1.807, 2.05) is 24.3 Å². The quantitative estimate of drug-likeness (QED) is 0.627. The summed E-state index contributed by atoms with van der Waals surface area (Å²) < 4.78 is 10.3. The van der Waals surface area contributed by atoms with Crippen molar-refractivity contribution in [3.8, 4) is 0 Å². The third-order valence-electron chi connectivity index (χ3n) is 2.17. The van der Waals surface area contributed by atoms with Gasteiger partial charge in [-0.1, -0.05) is 12.1 Å². The Morgan fingerprint density at radius 3 is 2.12 bits per heavy atom. The van der Waals surface area contributed by atoms with Gasteiger partial charge in [-0.2, -0.15) is 0 Å². The standard InChI is InChI=1S/C13H20O3S/c1-13(2,14)9-17-11-7-5-10(6-8-11)12(15-3)16-4/h5-8,12,14H,9H2,1-4H3. The number of rotatable bonds is 6. The summed E-state index contributed by atoms with van der Waals surface area (Å²) in [7, 11) is 3.23. The summed E-state index contributed by atoms with van der Waals surface area (Å²) in [6.07, 6.45) is -0.316. The first kappa shape index (κ1) is 14.5. The molecule has 0 amide bonds. The molecule has 3 nitrogen and oxygen atoms in total. The molecule has 0 spiro atoms. The van der Waals surface area contributed by atoms with E-state index in [2.05, 4.69) is 0 Å². The van der Waals surface area contributed by atoms with Gasteiger partial charge < -0.3 is 14.6 Å². The molecule has 0 aliphatic carbocycles. The van der Waals surface area contributed by atoms with Gasteiger partial charge in [-0.05, 0) is 26.0 Å². The van der Waals surface area contributed by atoms with Crippen molar-refractivity contribution < 1.29 is 14.6 Å². The van der Waals surface area contributed by atoms with Gasteiger partial charge in [-0.3, -0.25) is 0 Å². The van der Waals surface area contributed by atoms with Crippen LogP contribution in [-0.2, 0) is 9.47 Å². The normalized spacial score (nSPS) is 12.1. The molecule has 0 atom stereocenters. The minimum Gasteiger partial charge on any atom is -0.390 e. The average Bonchev–Trinajstić information content (AvgIpc) is 2.29. The highest BCUT2D eigenvalue weighted by atomic mass is 32.2. The van der Waals surface area contributed by atoms with Crippen molar-refractivity contribution in [2.24, 2.45) is 0 Å². The summed E-state index contributed by atoms with van der Waals surface area (Å²) in [5, 5.41) is 9.64. The van der Waals surface area contributed by atoms with Gasteiger partial charge in [0.1, 0.15) is 0 Å². The number of methoxy groups -OCH3 is 2. The molecule has 17 heavy (non-hydrogen) atoms. The van der Waals surface area contributed by atoms with E-state index in [-0.39, 0.29) is 6.29 Å². The summed E-state index contributed by atoms with van der Waals surface area (Å²) in [6.45, 7) is 3.61. The van der Waals surface area contributed by atoms with E-state index in [0.717, 1.165) is 10.5 Å². The molecular formula is C13H20O3S. The van der Waals surface area contributed by atoms with E-state index in [1.54, 1.807) is 39.8 Å². The summed E-state index contributed by atoms with van der Waals surface area (Å²) in [6, 6.07) is 7.97. The molecule has 0 heterocycles. The van der Waals surface area contributed by atoms with Crippen molar-refractivity contribution in [3.05, 3.63) is 29.8 Å². The Kier molecular flexibility index (Phi) is 5.46. The molecule has 1 N–H and O–H groups in total. The van der Waals surface area contributed by atoms with Gasteiger partial charge in [-0.25, -0.2) is 0 Å². The second-order valence-corrected chi connectivity index (χ2v) is 5.52. The maximum Gasteiger partial charge on any atom is 0.183 e. The number of aliphatic hydroxyl groups is 1. The van der Waals surface area contributed by atoms with Crippen molar-refractivity contribution >= 4 is 11.8 Å². The molecule has 0 saturated heterocycles. The summed E-state index contributed by atoms with van der Waals surface area (Å²) in [5.41, 5.74) is 0.341. The molecule has 1 aromatic carbocycles. The fourth-order valence-electron chi connectivity index (χ4n) is 1.35. The highest BCUT2D eigenvalue weighted by Crippen LogP contribution is 2.25. The van der Waals surface area contributed by atoms with Crippen molar-refractivity contribution in [3.63, 3.8) is 0 Å². The summed E-state index contributed by atoms with van der Waals surface area (Å²) >= 11 is 1.63. The number of hydrogen-bond donors (Lipinski definition) is 1. The maximum atomic E-state index is 9.64. The van der Waals surface area contributed by atoms with Crippen LogP contribution in [0.15, 0.2) is 29.2 Å². The van der Waals surface area contributed by atoms with Crippen molar-refractivity contribution in [1.82, 2.24) is 0 Å². The van der Waals surface area contributed by atoms with E-state index in [9.17, 15) is 5.11 Å². The molecule has 4 heteroatoms. The predicted molar refractivity (Wildman–Crippen MR) is 70.2 cm³/mol. The molecular weight excluding hydrogens is 236 g/mol. The van der Waals surface area contributed by atoms with Gasteiger partial charge in [0.25, 0.3) is 0 Å². The number of hydrogen-bond acceptors (Lipinski definition) is 4. The molecule has 0 aliphatic rings. The van der Waals surface area contributed by atoms with Crippen LogP contribution in [0.2, 0.25) is 0 Å². The lowest BCUT2D eigenvalue weighted by Gasteiger charge is -2.17.